The molecule has 33 heavy (non-hydrogen) atoms. The fourth-order valence-electron chi connectivity index (χ4n) is 4.35. The van der Waals surface area contributed by atoms with Gasteiger partial charge in [0.1, 0.15) is 0 Å². The smallest absolute Gasteiger partial charge is 0.330 e. The first-order valence-corrected chi connectivity index (χ1v) is 12.4. The van der Waals surface area contributed by atoms with Gasteiger partial charge in [-0.15, -0.1) is 0 Å². The van der Waals surface area contributed by atoms with Crippen molar-refractivity contribution >= 4 is 16.9 Å². The van der Waals surface area contributed by atoms with Crippen LogP contribution < -0.4 is 16.6 Å². The Bertz CT molecular complexity index is 1080. The SMILES string of the molecule is CC(C)Cn1c(=O)[nH]c(=O)c2c(C(=O)NCCCCN3CCC(C)CC3)cc(C(C)C)nc21. The average molecular weight is 458 g/mol. The van der Waals surface area contributed by atoms with Gasteiger partial charge in [0.2, 0.25) is 0 Å². The van der Waals surface area contributed by atoms with E-state index in [0.29, 0.717) is 18.8 Å². The quantitative estimate of drug-likeness (QED) is 0.564. The van der Waals surface area contributed by atoms with E-state index >= 15 is 0 Å². The molecule has 182 valence electrons. The van der Waals surface area contributed by atoms with Crippen LogP contribution in [0.3, 0.4) is 0 Å². The second-order valence-electron chi connectivity index (χ2n) is 10.2. The van der Waals surface area contributed by atoms with Gasteiger partial charge in [-0.25, -0.2) is 9.78 Å². The van der Waals surface area contributed by atoms with Gasteiger partial charge in [0.05, 0.1) is 10.9 Å². The Morgan fingerprint density at radius 1 is 1.18 bits per heavy atom. The van der Waals surface area contributed by atoms with E-state index < -0.39 is 11.2 Å². The van der Waals surface area contributed by atoms with Crippen LogP contribution in [0.5, 0.6) is 0 Å². The van der Waals surface area contributed by atoms with Gasteiger partial charge >= 0.3 is 5.69 Å². The van der Waals surface area contributed by atoms with Gasteiger partial charge in [-0.05, 0) is 69.1 Å². The molecule has 2 aromatic rings. The van der Waals surface area contributed by atoms with Gasteiger partial charge < -0.3 is 10.2 Å². The highest BCUT2D eigenvalue weighted by Gasteiger charge is 2.21. The number of carbonyl (C=O) groups excluding carboxylic acids is 1. The molecule has 0 aliphatic carbocycles. The molecule has 0 atom stereocenters. The van der Waals surface area contributed by atoms with Crippen molar-refractivity contribution in [3.63, 3.8) is 0 Å². The summed E-state index contributed by atoms with van der Waals surface area (Å²) in [6.45, 7) is 14.6. The summed E-state index contributed by atoms with van der Waals surface area (Å²) in [6.07, 6.45) is 4.44. The molecule has 0 radical (unpaired) electrons. The molecule has 0 spiro atoms. The summed E-state index contributed by atoms with van der Waals surface area (Å²) in [6, 6.07) is 1.69. The minimum atomic E-state index is -0.567. The van der Waals surface area contributed by atoms with Crippen molar-refractivity contribution in [2.24, 2.45) is 11.8 Å². The van der Waals surface area contributed by atoms with Crippen LogP contribution in [-0.2, 0) is 6.54 Å². The van der Waals surface area contributed by atoms with Gasteiger partial charge in [-0.3, -0.25) is 19.1 Å². The molecule has 0 unspecified atom stereocenters. The van der Waals surface area contributed by atoms with Crippen molar-refractivity contribution in [3.05, 3.63) is 38.2 Å². The van der Waals surface area contributed by atoms with Crippen LogP contribution in [-0.4, -0.2) is 51.5 Å². The van der Waals surface area contributed by atoms with Crippen molar-refractivity contribution in [2.45, 2.75) is 72.8 Å². The summed E-state index contributed by atoms with van der Waals surface area (Å²) in [7, 11) is 0. The molecular formula is C25H39N5O3. The maximum Gasteiger partial charge on any atom is 0.330 e. The van der Waals surface area contributed by atoms with Crippen LogP contribution in [0, 0.1) is 11.8 Å². The number of nitrogens with zero attached hydrogens (tertiary/aromatic N) is 3. The van der Waals surface area contributed by atoms with E-state index in [1.807, 2.05) is 27.7 Å². The molecule has 1 fully saturated rings. The van der Waals surface area contributed by atoms with Crippen LogP contribution in [0.15, 0.2) is 15.7 Å². The first kappa shape index (κ1) is 25.1. The van der Waals surface area contributed by atoms with Crippen LogP contribution >= 0.6 is 0 Å². The van der Waals surface area contributed by atoms with E-state index in [-0.39, 0.29) is 34.3 Å². The highest BCUT2D eigenvalue weighted by atomic mass is 16.2. The number of amides is 1. The lowest BCUT2D eigenvalue weighted by atomic mass is 9.99. The number of likely N-dealkylation sites (tertiary alicyclic amines) is 1. The number of aromatic nitrogens is 3. The Morgan fingerprint density at radius 2 is 1.88 bits per heavy atom. The van der Waals surface area contributed by atoms with Crippen LogP contribution in [0.2, 0.25) is 0 Å². The number of aromatic amines is 1. The van der Waals surface area contributed by atoms with E-state index in [2.05, 4.69) is 27.1 Å². The molecule has 1 amide bonds. The molecule has 1 aliphatic rings. The lowest BCUT2D eigenvalue weighted by Gasteiger charge is -2.30. The molecule has 3 heterocycles. The van der Waals surface area contributed by atoms with E-state index in [1.165, 1.54) is 17.4 Å². The largest absolute Gasteiger partial charge is 0.352 e. The summed E-state index contributed by atoms with van der Waals surface area (Å²) in [5.41, 5.74) is 0.199. The van der Waals surface area contributed by atoms with Crippen molar-refractivity contribution in [1.29, 1.82) is 0 Å². The lowest BCUT2D eigenvalue weighted by molar-refractivity contribution is 0.0953. The predicted octanol–water partition coefficient (Wildman–Crippen LogP) is 3.11. The number of rotatable bonds is 9. The number of H-pyrrole nitrogens is 1. The van der Waals surface area contributed by atoms with Crippen LogP contribution in [0.1, 0.15) is 82.3 Å². The highest BCUT2D eigenvalue weighted by molar-refractivity contribution is 6.05. The minimum Gasteiger partial charge on any atom is -0.352 e. The maximum absolute atomic E-state index is 13.1. The summed E-state index contributed by atoms with van der Waals surface area (Å²) >= 11 is 0. The third-order valence-electron chi connectivity index (χ3n) is 6.42. The predicted molar refractivity (Wildman–Crippen MR) is 132 cm³/mol. The summed E-state index contributed by atoms with van der Waals surface area (Å²) in [5, 5.41) is 3.16. The minimum absolute atomic E-state index is 0.0510. The number of hydrogen-bond acceptors (Lipinski definition) is 5. The Kier molecular flexibility index (Phi) is 8.46. The van der Waals surface area contributed by atoms with Crippen LogP contribution in [0.25, 0.3) is 11.0 Å². The third-order valence-corrected chi connectivity index (χ3v) is 6.42. The molecule has 0 aromatic carbocycles. The second kappa shape index (κ2) is 11.1. The molecular weight excluding hydrogens is 418 g/mol. The lowest BCUT2D eigenvalue weighted by Crippen LogP contribution is -2.35. The molecule has 2 aromatic heterocycles. The standard InChI is InChI=1S/C25H39N5O3/c1-16(2)15-30-22-21(24(32)28-25(30)33)19(14-20(27-22)17(3)4)23(31)26-10-6-7-11-29-12-8-18(5)9-13-29/h14,16-18H,6-13,15H2,1-5H3,(H,26,31)(H,28,32,33). The molecule has 1 aliphatic heterocycles. The van der Waals surface area contributed by atoms with E-state index in [4.69, 9.17) is 0 Å². The summed E-state index contributed by atoms with van der Waals surface area (Å²) in [4.78, 5) is 47.8. The Morgan fingerprint density at radius 3 is 2.52 bits per heavy atom. The number of piperidine rings is 1. The van der Waals surface area contributed by atoms with Crippen molar-refractivity contribution in [1.82, 2.24) is 24.8 Å². The highest BCUT2D eigenvalue weighted by Crippen LogP contribution is 2.20. The van der Waals surface area contributed by atoms with E-state index in [1.54, 1.807) is 6.07 Å². The molecule has 8 heteroatoms. The zero-order chi connectivity index (χ0) is 24.1. The topological polar surface area (TPSA) is 100 Å². The van der Waals surface area contributed by atoms with Crippen molar-refractivity contribution in [2.75, 3.05) is 26.2 Å². The monoisotopic (exact) mass is 457 g/mol. The van der Waals surface area contributed by atoms with Gasteiger partial charge in [0, 0.05) is 18.8 Å². The molecule has 8 nitrogen and oxygen atoms in total. The summed E-state index contributed by atoms with van der Waals surface area (Å²) < 4.78 is 1.48. The van der Waals surface area contributed by atoms with E-state index in [9.17, 15) is 14.4 Å². The first-order chi connectivity index (χ1) is 15.7. The summed E-state index contributed by atoms with van der Waals surface area (Å²) in [5.74, 6) is 0.764. The molecule has 0 bridgehead atoms. The first-order valence-electron chi connectivity index (χ1n) is 12.4. The van der Waals surface area contributed by atoms with Gasteiger partial charge in [-0.1, -0.05) is 34.6 Å². The number of pyridine rings is 1. The molecule has 3 rings (SSSR count). The second-order valence-corrected chi connectivity index (χ2v) is 10.2. The number of fused-ring (bicyclic) bond motifs is 1. The Balaban J connectivity index is 1.77. The molecule has 2 N–H and O–H groups in total. The normalized spacial score (nSPS) is 15.6. The Labute approximate surface area is 195 Å². The fraction of sp³-hybridized carbons (Fsp3) is 0.680. The number of hydrogen-bond donors (Lipinski definition) is 2. The fourth-order valence-corrected chi connectivity index (χ4v) is 4.35. The van der Waals surface area contributed by atoms with Gasteiger partial charge in [0.25, 0.3) is 11.5 Å². The number of unbranched alkanes of at least 4 members (excludes halogenated alkanes) is 1. The van der Waals surface area contributed by atoms with Gasteiger partial charge in [0.15, 0.2) is 5.65 Å². The van der Waals surface area contributed by atoms with Crippen molar-refractivity contribution < 1.29 is 4.79 Å². The molecule has 1 saturated heterocycles. The number of nitrogens with one attached hydrogen (secondary N) is 2. The molecule has 0 saturated carbocycles. The third kappa shape index (κ3) is 6.31. The zero-order valence-corrected chi connectivity index (χ0v) is 20.7. The Hall–Kier alpha value is -2.48. The van der Waals surface area contributed by atoms with Crippen molar-refractivity contribution in [3.8, 4) is 0 Å². The number of carbonyl (C=O) groups is 1. The van der Waals surface area contributed by atoms with E-state index in [0.717, 1.165) is 38.4 Å². The maximum atomic E-state index is 13.1. The average Bonchev–Trinajstić information content (AvgIpc) is 2.76. The van der Waals surface area contributed by atoms with Crippen LogP contribution in [0.4, 0.5) is 0 Å². The van der Waals surface area contributed by atoms with Gasteiger partial charge in [-0.2, -0.15) is 0 Å². The zero-order valence-electron chi connectivity index (χ0n) is 20.7.